The number of benzene rings is 2. The third-order valence-corrected chi connectivity index (χ3v) is 6.45. The number of piperidine rings is 1. The molecule has 162 valence electrons. The average molecular weight is 425 g/mol. The van der Waals surface area contributed by atoms with Crippen molar-refractivity contribution in [1.29, 1.82) is 0 Å². The second-order valence-corrected chi connectivity index (χ2v) is 8.66. The van der Waals surface area contributed by atoms with Gasteiger partial charge >= 0.3 is 0 Å². The molecule has 5 rings (SSSR count). The maximum absolute atomic E-state index is 13.1. The fourth-order valence-electron chi connectivity index (χ4n) is 4.59. The Morgan fingerprint density at radius 2 is 1.72 bits per heavy atom. The van der Waals surface area contributed by atoms with E-state index >= 15 is 0 Å². The van der Waals surface area contributed by atoms with Crippen molar-refractivity contribution in [1.82, 2.24) is 19.9 Å². The number of hydrogen-bond donors (Lipinski definition) is 1. The second-order valence-electron chi connectivity index (χ2n) is 8.66. The Labute approximate surface area is 188 Å². The zero-order valence-corrected chi connectivity index (χ0v) is 18.2. The summed E-state index contributed by atoms with van der Waals surface area (Å²) >= 11 is 0. The summed E-state index contributed by atoms with van der Waals surface area (Å²) in [5.41, 5.74) is 3.68. The number of rotatable bonds is 6. The van der Waals surface area contributed by atoms with Gasteiger partial charge < -0.3 is 9.88 Å². The molecular weight excluding hydrogens is 396 g/mol. The molecule has 32 heavy (non-hydrogen) atoms. The lowest BCUT2D eigenvalue weighted by Crippen LogP contribution is -2.38. The molecule has 1 amide bonds. The Morgan fingerprint density at radius 3 is 2.47 bits per heavy atom. The van der Waals surface area contributed by atoms with Gasteiger partial charge in [-0.15, -0.1) is 0 Å². The number of nitrogens with zero attached hydrogens (tertiary/aromatic N) is 3. The highest BCUT2D eigenvalue weighted by Gasteiger charge is 2.24. The van der Waals surface area contributed by atoms with Crippen molar-refractivity contribution >= 4 is 16.9 Å². The topological polar surface area (TPSA) is 61.9 Å². The first kappa shape index (κ1) is 20.4. The van der Waals surface area contributed by atoms with Crippen LogP contribution >= 0.6 is 0 Å². The number of carbonyl (C=O) groups excluding carboxylic acids is 1. The summed E-state index contributed by atoms with van der Waals surface area (Å²) in [6.45, 7) is 1.65. The summed E-state index contributed by atoms with van der Waals surface area (Å²) in [6, 6.07) is 22.4. The van der Waals surface area contributed by atoms with E-state index in [0.717, 1.165) is 43.3 Å². The number of nitrogens with one attached hydrogen (secondary N) is 1. The first-order valence-corrected chi connectivity index (χ1v) is 11.5. The first-order chi connectivity index (χ1) is 15.8. The number of carbonyl (C=O) groups is 1. The molecule has 1 aliphatic rings. The molecule has 0 radical (unpaired) electrons. The second kappa shape index (κ2) is 9.35. The van der Waals surface area contributed by atoms with E-state index < -0.39 is 0 Å². The zero-order chi connectivity index (χ0) is 21.8. The van der Waals surface area contributed by atoms with E-state index in [2.05, 4.69) is 45.3 Å². The Balaban J connectivity index is 1.18. The van der Waals surface area contributed by atoms with Crippen LogP contribution in [-0.2, 0) is 6.42 Å². The van der Waals surface area contributed by atoms with Gasteiger partial charge in [-0.3, -0.25) is 4.79 Å². The van der Waals surface area contributed by atoms with Crippen LogP contribution in [0.5, 0.6) is 0 Å². The molecule has 0 bridgehead atoms. The molecule has 1 aliphatic heterocycles. The number of aromatic nitrogens is 3. The van der Waals surface area contributed by atoms with E-state index in [1.54, 1.807) is 6.20 Å². The first-order valence-electron chi connectivity index (χ1n) is 11.5. The number of H-pyrrole nitrogens is 1. The van der Waals surface area contributed by atoms with Gasteiger partial charge in [0, 0.05) is 30.2 Å². The van der Waals surface area contributed by atoms with Crippen molar-refractivity contribution in [2.45, 2.75) is 32.1 Å². The van der Waals surface area contributed by atoms with Crippen LogP contribution in [0.1, 0.15) is 41.7 Å². The number of fused-ring (bicyclic) bond motifs is 1. The predicted octanol–water partition coefficient (Wildman–Crippen LogP) is 5.50. The average Bonchev–Trinajstić information content (AvgIpc) is 3.29. The summed E-state index contributed by atoms with van der Waals surface area (Å²) in [6.07, 6.45) is 7.55. The van der Waals surface area contributed by atoms with Crippen LogP contribution in [0.4, 0.5) is 0 Å². The van der Waals surface area contributed by atoms with Crippen LogP contribution in [0.15, 0.2) is 72.9 Å². The van der Waals surface area contributed by atoms with E-state index in [1.165, 1.54) is 18.4 Å². The van der Waals surface area contributed by atoms with E-state index in [0.29, 0.717) is 23.1 Å². The molecule has 1 saturated heterocycles. The van der Waals surface area contributed by atoms with Crippen LogP contribution < -0.4 is 0 Å². The summed E-state index contributed by atoms with van der Waals surface area (Å²) in [5, 5.41) is 0.865. The monoisotopic (exact) mass is 424 g/mol. The molecule has 0 unspecified atom stereocenters. The van der Waals surface area contributed by atoms with Gasteiger partial charge in [0.15, 0.2) is 5.82 Å². The number of aryl methyl sites for hydroxylation is 1. The van der Waals surface area contributed by atoms with Gasteiger partial charge in [0.25, 0.3) is 5.91 Å². The molecule has 0 aliphatic carbocycles. The fourth-order valence-corrected chi connectivity index (χ4v) is 4.59. The maximum atomic E-state index is 13.1. The van der Waals surface area contributed by atoms with Crippen molar-refractivity contribution in [3.05, 3.63) is 84.2 Å². The predicted molar refractivity (Wildman–Crippen MR) is 127 cm³/mol. The molecule has 2 aromatic carbocycles. The van der Waals surface area contributed by atoms with Crippen LogP contribution in [0.3, 0.4) is 0 Å². The van der Waals surface area contributed by atoms with Crippen LogP contribution in [0.2, 0.25) is 0 Å². The van der Waals surface area contributed by atoms with E-state index in [-0.39, 0.29) is 5.91 Å². The molecule has 0 atom stereocenters. The van der Waals surface area contributed by atoms with Crippen molar-refractivity contribution in [2.75, 3.05) is 13.1 Å². The number of amides is 1. The van der Waals surface area contributed by atoms with Crippen molar-refractivity contribution in [3.8, 4) is 11.4 Å². The lowest BCUT2D eigenvalue weighted by molar-refractivity contribution is 0.0681. The number of hydrogen-bond acceptors (Lipinski definition) is 3. The Hall–Kier alpha value is -3.47. The van der Waals surface area contributed by atoms with Crippen LogP contribution in [-0.4, -0.2) is 38.8 Å². The minimum atomic E-state index is 0.0620. The van der Waals surface area contributed by atoms with Gasteiger partial charge in [-0.25, -0.2) is 9.97 Å². The van der Waals surface area contributed by atoms with Crippen LogP contribution in [0, 0.1) is 5.92 Å². The molecule has 0 saturated carbocycles. The normalized spacial score (nSPS) is 14.7. The Morgan fingerprint density at radius 1 is 1.00 bits per heavy atom. The van der Waals surface area contributed by atoms with Gasteiger partial charge in [0.05, 0.1) is 0 Å². The highest BCUT2D eigenvalue weighted by molar-refractivity contribution is 5.97. The molecule has 1 fully saturated rings. The van der Waals surface area contributed by atoms with Gasteiger partial charge in [-0.2, -0.15) is 0 Å². The van der Waals surface area contributed by atoms with Crippen molar-refractivity contribution in [2.24, 2.45) is 5.92 Å². The van der Waals surface area contributed by atoms with Crippen molar-refractivity contribution < 1.29 is 4.79 Å². The lowest BCUT2D eigenvalue weighted by atomic mass is 9.90. The summed E-state index contributed by atoms with van der Waals surface area (Å²) in [7, 11) is 0. The summed E-state index contributed by atoms with van der Waals surface area (Å²) in [5.74, 6) is 1.44. The minimum absolute atomic E-state index is 0.0620. The Kier molecular flexibility index (Phi) is 5.97. The largest absolute Gasteiger partial charge is 0.337 e. The van der Waals surface area contributed by atoms with Gasteiger partial charge in [0.1, 0.15) is 11.3 Å². The number of likely N-dealkylation sites (tertiary alicyclic amines) is 1. The third kappa shape index (κ3) is 4.57. The molecule has 5 nitrogen and oxygen atoms in total. The highest BCUT2D eigenvalue weighted by atomic mass is 16.2. The fraction of sp³-hybridized carbons (Fsp3) is 0.296. The van der Waals surface area contributed by atoms with Crippen LogP contribution in [0.25, 0.3) is 22.4 Å². The summed E-state index contributed by atoms with van der Waals surface area (Å²) in [4.78, 5) is 27.4. The Bertz CT molecular complexity index is 1180. The zero-order valence-electron chi connectivity index (χ0n) is 18.2. The number of aromatic amines is 1. The van der Waals surface area contributed by atoms with E-state index in [4.69, 9.17) is 0 Å². The summed E-state index contributed by atoms with van der Waals surface area (Å²) < 4.78 is 0. The van der Waals surface area contributed by atoms with Gasteiger partial charge in [-0.05, 0) is 49.7 Å². The molecule has 2 aromatic heterocycles. The smallest absolute Gasteiger partial charge is 0.270 e. The van der Waals surface area contributed by atoms with E-state index in [1.807, 2.05) is 41.3 Å². The molecule has 1 N–H and O–H groups in total. The quantitative estimate of drug-likeness (QED) is 0.445. The van der Waals surface area contributed by atoms with Crippen molar-refractivity contribution in [3.63, 3.8) is 0 Å². The third-order valence-electron chi connectivity index (χ3n) is 6.45. The van der Waals surface area contributed by atoms with E-state index in [9.17, 15) is 4.79 Å². The maximum Gasteiger partial charge on any atom is 0.270 e. The SMILES string of the molecule is O=C(c1cc2cnc(-c3ccccc3)nc2[nH]1)N1CCC(CCCc2ccccc2)CC1. The standard InChI is InChI=1S/C27H28N4O/c32-27(31-16-14-21(15-17-31)11-7-10-20-8-3-1-4-9-20)24-18-23-19-28-25(30-26(23)29-24)22-12-5-2-6-13-22/h1-6,8-9,12-13,18-19,21H,7,10-11,14-17H2,(H,28,29,30). The van der Waals surface area contributed by atoms with Gasteiger partial charge in [-0.1, -0.05) is 60.7 Å². The molecule has 4 aromatic rings. The lowest BCUT2D eigenvalue weighted by Gasteiger charge is -2.31. The molecular formula is C27H28N4O. The molecule has 5 heteroatoms. The molecule has 3 heterocycles. The van der Waals surface area contributed by atoms with Gasteiger partial charge in [0.2, 0.25) is 0 Å². The molecule has 0 spiro atoms. The highest BCUT2D eigenvalue weighted by Crippen LogP contribution is 2.25. The minimum Gasteiger partial charge on any atom is -0.337 e.